The lowest BCUT2D eigenvalue weighted by Gasteiger charge is -2.09. The topological polar surface area (TPSA) is 95.5 Å². The maximum absolute atomic E-state index is 11.9. The number of aliphatic carboxylic acids is 1. The van der Waals surface area contributed by atoms with E-state index >= 15 is 0 Å². The molecule has 1 rings (SSSR count). The molecule has 0 fully saturated rings. The first-order valence-corrected chi connectivity index (χ1v) is 9.00. The van der Waals surface area contributed by atoms with Crippen molar-refractivity contribution in [2.75, 3.05) is 11.1 Å². The Bertz CT molecular complexity index is 575. The average Bonchev–Trinajstić information content (AvgIpc) is 2.46. The van der Waals surface area contributed by atoms with E-state index < -0.39 is 5.97 Å². The Balaban J connectivity index is 2.35. The fraction of sp³-hybridized carbons (Fsp3) is 0.471. The van der Waals surface area contributed by atoms with E-state index in [-0.39, 0.29) is 30.0 Å². The monoisotopic (exact) mass is 352 g/mol. The van der Waals surface area contributed by atoms with Gasteiger partial charge >= 0.3 is 5.97 Å². The third-order valence-electron chi connectivity index (χ3n) is 2.96. The summed E-state index contributed by atoms with van der Waals surface area (Å²) in [5.41, 5.74) is 1.63. The van der Waals surface area contributed by atoms with Gasteiger partial charge in [-0.25, -0.2) is 0 Å². The molecule has 0 atom stereocenters. The molecule has 0 radical (unpaired) electrons. The van der Waals surface area contributed by atoms with E-state index in [4.69, 9.17) is 5.11 Å². The number of carbonyl (C=O) groups excluding carboxylic acids is 2. The molecule has 0 aliphatic rings. The number of carboxylic acids is 1. The van der Waals surface area contributed by atoms with Gasteiger partial charge in [-0.3, -0.25) is 14.4 Å². The fourth-order valence-electron chi connectivity index (χ4n) is 2.02. The minimum Gasteiger partial charge on any atom is -0.481 e. The second kappa shape index (κ2) is 10.7. The van der Waals surface area contributed by atoms with Gasteiger partial charge in [0.05, 0.1) is 5.75 Å². The van der Waals surface area contributed by atoms with E-state index in [1.807, 2.05) is 32.0 Å². The number of carbonyl (C=O) groups is 3. The van der Waals surface area contributed by atoms with Crippen LogP contribution >= 0.6 is 11.8 Å². The van der Waals surface area contributed by atoms with Crippen molar-refractivity contribution in [3.05, 3.63) is 29.8 Å². The molecule has 0 bridgehead atoms. The molecule has 1 aromatic rings. The van der Waals surface area contributed by atoms with E-state index in [9.17, 15) is 14.4 Å². The van der Waals surface area contributed by atoms with Gasteiger partial charge in [0.1, 0.15) is 0 Å². The SMILES string of the molecule is CC(C)NC(=O)CCCC(=O)Nc1cccc(CSCC(=O)O)c1. The first kappa shape index (κ1) is 20.0. The van der Waals surface area contributed by atoms with Crippen LogP contribution in [0.15, 0.2) is 24.3 Å². The van der Waals surface area contributed by atoms with Gasteiger partial charge in [0, 0.05) is 30.3 Å². The van der Waals surface area contributed by atoms with Gasteiger partial charge in [0.25, 0.3) is 0 Å². The van der Waals surface area contributed by atoms with E-state index in [0.29, 0.717) is 24.3 Å². The number of amides is 2. The van der Waals surface area contributed by atoms with Crippen molar-refractivity contribution in [2.45, 2.75) is 44.9 Å². The van der Waals surface area contributed by atoms with Gasteiger partial charge in [-0.2, -0.15) is 0 Å². The van der Waals surface area contributed by atoms with Crippen LogP contribution in [0.5, 0.6) is 0 Å². The van der Waals surface area contributed by atoms with Gasteiger partial charge in [-0.1, -0.05) is 12.1 Å². The normalized spacial score (nSPS) is 10.5. The van der Waals surface area contributed by atoms with Crippen molar-refractivity contribution in [1.82, 2.24) is 5.32 Å². The lowest BCUT2D eigenvalue weighted by atomic mass is 10.2. The van der Waals surface area contributed by atoms with Crippen LogP contribution in [-0.4, -0.2) is 34.7 Å². The summed E-state index contributed by atoms with van der Waals surface area (Å²) in [4.78, 5) is 33.9. The van der Waals surface area contributed by atoms with Crippen LogP contribution in [0.25, 0.3) is 0 Å². The standard InChI is InChI=1S/C17H24N2O4S/c1-12(2)18-15(20)7-4-8-16(21)19-14-6-3-5-13(9-14)10-24-11-17(22)23/h3,5-6,9,12H,4,7-8,10-11H2,1-2H3,(H,18,20)(H,19,21)(H,22,23). The Morgan fingerprint density at radius 2 is 1.88 bits per heavy atom. The number of benzene rings is 1. The van der Waals surface area contributed by atoms with Gasteiger partial charge in [-0.15, -0.1) is 11.8 Å². The van der Waals surface area contributed by atoms with E-state index in [1.54, 1.807) is 6.07 Å². The van der Waals surface area contributed by atoms with E-state index in [0.717, 1.165) is 5.56 Å². The summed E-state index contributed by atoms with van der Waals surface area (Å²) < 4.78 is 0. The number of hydrogen-bond donors (Lipinski definition) is 3. The number of hydrogen-bond acceptors (Lipinski definition) is 4. The Morgan fingerprint density at radius 1 is 1.17 bits per heavy atom. The molecule has 132 valence electrons. The molecular weight excluding hydrogens is 328 g/mol. The van der Waals surface area contributed by atoms with E-state index in [2.05, 4.69) is 10.6 Å². The maximum Gasteiger partial charge on any atom is 0.313 e. The number of carboxylic acid groups (broad SMARTS) is 1. The lowest BCUT2D eigenvalue weighted by Crippen LogP contribution is -2.30. The highest BCUT2D eigenvalue weighted by Gasteiger charge is 2.07. The van der Waals surface area contributed by atoms with Crippen LogP contribution in [0.1, 0.15) is 38.7 Å². The summed E-state index contributed by atoms with van der Waals surface area (Å²) in [7, 11) is 0. The number of anilines is 1. The molecule has 1 aromatic carbocycles. The van der Waals surface area contributed by atoms with Gasteiger partial charge < -0.3 is 15.7 Å². The summed E-state index contributed by atoms with van der Waals surface area (Å²) >= 11 is 1.31. The van der Waals surface area contributed by atoms with Crippen molar-refractivity contribution in [3.63, 3.8) is 0 Å². The molecule has 0 saturated heterocycles. The second-order valence-electron chi connectivity index (χ2n) is 5.71. The predicted octanol–water partition coefficient (Wildman–Crippen LogP) is 2.64. The molecule has 0 aromatic heterocycles. The minimum absolute atomic E-state index is 0.0461. The summed E-state index contributed by atoms with van der Waals surface area (Å²) in [6, 6.07) is 7.43. The zero-order valence-corrected chi connectivity index (χ0v) is 14.8. The molecule has 0 heterocycles. The Hall–Kier alpha value is -2.02. The third kappa shape index (κ3) is 9.19. The molecule has 0 unspecified atom stereocenters. The fourth-order valence-corrected chi connectivity index (χ4v) is 2.71. The predicted molar refractivity (Wildman–Crippen MR) is 96.0 cm³/mol. The first-order chi connectivity index (χ1) is 11.4. The van der Waals surface area contributed by atoms with Gasteiger partial charge in [0.15, 0.2) is 0 Å². The van der Waals surface area contributed by atoms with Crippen LogP contribution < -0.4 is 10.6 Å². The van der Waals surface area contributed by atoms with Crippen LogP contribution in [-0.2, 0) is 20.1 Å². The highest BCUT2D eigenvalue weighted by Crippen LogP contribution is 2.17. The first-order valence-electron chi connectivity index (χ1n) is 7.84. The average molecular weight is 352 g/mol. The van der Waals surface area contributed by atoms with Gasteiger partial charge in [0.2, 0.25) is 11.8 Å². The zero-order valence-electron chi connectivity index (χ0n) is 14.0. The Morgan fingerprint density at radius 3 is 2.54 bits per heavy atom. The molecule has 7 heteroatoms. The largest absolute Gasteiger partial charge is 0.481 e. The van der Waals surface area contributed by atoms with Crippen LogP contribution in [0.4, 0.5) is 5.69 Å². The van der Waals surface area contributed by atoms with Crippen LogP contribution in [0.2, 0.25) is 0 Å². The summed E-state index contributed by atoms with van der Waals surface area (Å²) in [6.07, 6.45) is 1.11. The lowest BCUT2D eigenvalue weighted by molar-refractivity contribution is -0.134. The third-order valence-corrected chi connectivity index (χ3v) is 3.95. The molecule has 6 nitrogen and oxygen atoms in total. The molecule has 2 amide bonds. The minimum atomic E-state index is -0.842. The van der Waals surface area contributed by atoms with Crippen LogP contribution in [0.3, 0.4) is 0 Å². The second-order valence-corrected chi connectivity index (χ2v) is 6.70. The molecule has 0 spiro atoms. The maximum atomic E-state index is 11.9. The molecule has 0 saturated carbocycles. The van der Waals surface area contributed by atoms with Crippen molar-refractivity contribution >= 4 is 35.2 Å². The number of rotatable bonds is 10. The van der Waals surface area contributed by atoms with Gasteiger partial charge in [-0.05, 0) is 38.0 Å². The number of nitrogens with one attached hydrogen (secondary N) is 2. The zero-order chi connectivity index (χ0) is 17.9. The highest BCUT2D eigenvalue weighted by molar-refractivity contribution is 7.99. The number of thioether (sulfide) groups is 1. The smallest absolute Gasteiger partial charge is 0.313 e. The highest BCUT2D eigenvalue weighted by atomic mass is 32.2. The van der Waals surface area contributed by atoms with Crippen molar-refractivity contribution < 1.29 is 19.5 Å². The molecule has 3 N–H and O–H groups in total. The summed E-state index contributed by atoms with van der Waals surface area (Å²) in [5, 5.41) is 14.2. The van der Waals surface area contributed by atoms with Crippen LogP contribution in [0, 0.1) is 0 Å². The Labute approximate surface area is 146 Å². The van der Waals surface area contributed by atoms with Crippen molar-refractivity contribution in [1.29, 1.82) is 0 Å². The molecule has 0 aliphatic carbocycles. The van der Waals surface area contributed by atoms with Crippen molar-refractivity contribution in [2.24, 2.45) is 0 Å². The quantitative estimate of drug-likeness (QED) is 0.602. The van der Waals surface area contributed by atoms with Crippen molar-refractivity contribution in [3.8, 4) is 0 Å². The van der Waals surface area contributed by atoms with E-state index in [1.165, 1.54) is 11.8 Å². The molecule has 24 heavy (non-hydrogen) atoms. The molecule has 0 aliphatic heterocycles. The summed E-state index contributed by atoms with van der Waals surface area (Å²) in [6.45, 7) is 3.79. The Kier molecular flexibility index (Phi) is 8.93. The summed E-state index contributed by atoms with van der Waals surface area (Å²) in [5.74, 6) is -0.399. The molecular formula is C17H24N2O4S.